The Kier molecular flexibility index (Phi) is 3.90. The molecule has 4 heteroatoms. The minimum atomic E-state index is -0.185. The molecule has 0 aliphatic carbocycles. The number of hydrogen-bond donors (Lipinski definition) is 1. The van der Waals surface area contributed by atoms with Crippen LogP contribution < -0.4 is 5.32 Å². The van der Waals surface area contributed by atoms with Gasteiger partial charge in [0.05, 0.1) is 11.3 Å². The molecule has 0 fully saturated rings. The van der Waals surface area contributed by atoms with Crippen LogP contribution in [0.1, 0.15) is 41.4 Å². The second-order valence-corrected chi connectivity index (χ2v) is 4.75. The van der Waals surface area contributed by atoms with Gasteiger partial charge in [0.15, 0.2) is 0 Å². The molecule has 1 aromatic heterocycles. The molecule has 0 saturated heterocycles. The molecule has 0 atom stereocenters. The largest absolute Gasteiger partial charge is 0.322 e. The number of aryl methyl sites for hydroxylation is 1. The minimum Gasteiger partial charge on any atom is -0.322 e. The third-order valence-electron chi connectivity index (χ3n) is 2.99. The third kappa shape index (κ3) is 3.16. The fraction of sp³-hybridized carbons (Fsp3) is 0.267. The molecule has 0 spiro atoms. The molecule has 1 heterocycles. The van der Waals surface area contributed by atoms with Gasteiger partial charge in [0, 0.05) is 11.9 Å². The number of carbonyl (C=O) groups excluding carboxylic acids is 1. The Morgan fingerprint density at radius 2 is 1.89 bits per heavy atom. The quantitative estimate of drug-likeness (QED) is 0.916. The van der Waals surface area contributed by atoms with Crippen molar-refractivity contribution < 1.29 is 4.79 Å². The summed E-state index contributed by atoms with van der Waals surface area (Å²) in [5, 5.41) is 2.85. The van der Waals surface area contributed by atoms with E-state index in [0.29, 0.717) is 17.2 Å². The fourth-order valence-corrected chi connectivity index (χ4v) is 1.76. The van der Waals surface area contributed by atoms with Gasteiger partial charge in [-0.05, 0) is 30.5 Å². The van der Waals surface area contributed by atoms with Crippen LogP contribution in [0.2, 0.25) is 0 Å². The van der Waals surface area contributed by atoms with Crippen LogP contribution in [0.4, 0.5) is 5.69 Å². The van der Waals surface area contributed by atoms with E-state index in [1.165, 1.54) is 18.1 Å². The summed E-state index contributed by atoms with van der Waals surface area (Å²) in [6, 6.07) is 7.86. The van der Waals surface area contributed by atoms with Crippen LogP contribution in [0.5, 0.6) is 0 Å². The van der Waals surface area contributed by atoms with Crippen LogP contribution >= 0.6 is 0 Å². The molecule has 0 saturated carbocycles. The van der Waals surface area contributed by atoms with Crippen molar-refractivity contribution in [1.82, 2.24) is 9.97 Å². The molecular weight excluding hydrogens is 238 g/mol. The van der Waals surface area contributed by atoms with Gasteiger partial charge in [0.25, 0.3) is 5.91 Å². The summed E-state index contributed by atoms with van der Waals surface area (Å²) in [5.41, 5.74) is 3.19. The lowest BCUT2D eigenvalue weighted by Gasteiger charge is -2.09. The first kappa shape index (κ1) is 13.2. The summed E-state index contributed by atoms with van der Waals surface area (Å²) in [7, 11) is 0. The van der Waals surface area contributed by atoms with Crippen LogP contribution in [-0.4, -0.2) is 15.9 Å². The number of amides is 1. The predicted molar refractivity (Wildman–Crippen MR) is 75.3 cm³/mol. The summed E-state index contributed by atoms with van der Waals surface area (Å²) in [5.74, 6) is 0.296. The Bertz CT molecular complexity index is 576. The van der Waals surface area contributed by atoms with E-state index >= 15 is 0 Å². The Morgan fingerprint density at radius 3 is 2.47 bits per heavy atom. The van der Waals surface area contributed by atoms with Crippen LogP contribution in [0.3, 0.4) is 0 Å². The average molecular weight is 255 g/mol. The highest BCUT2D eigenvalue weighted by atomic mass is 16.1. The molecule has 1 amide bonds. The smallest absolute Gasteiger partial charge is 0.259 e. The van der Waals surface area contributed by atoms with Crippen molar-refractivity contribution in [3.05, 3.63) is 53.6 Å². The Labute approximate surface area is 112 Å². The zero-order valence-electron chi connectivity index (χ0n) is 11.3. The standard InChI is InChI=1S/C15H17N3O/c1-10(2)12-4-6-13(7-5-12)18-15(19)14-8-16-9-17-11(14)3/h4-10H,1-3H3,(H,18,19). The van der Waals surface area contributed by atoms with Crippen molar-refractivity contribution in [1.29, 1.82) is 0 Å². The second kappa shape index (κ2) is 5.61. The molecule has 19 heavy (non-hydrogen) atoms. The molecule has 0 radical (unpaired) electrons. The Balaban J connectivity index is 2.13. The van der Waals surface area contributed by atoms with Crippen LogP contribution in [0.25, 0.3) is 0 Å². The lowest BCUT2D eigenvalue weighted by molar-refractivity contribution is 0.102. The van der Waals surface area contributed by atoms with Gasteiger partial charge in [-0.15, -0.1) is 0 Å². The highest BCUT2D eigenvalue weighted by molar-refractivity contribution is 6.04. The summed E-state index contributed by atoms with van der Waals surface area (Å²) in [6.45, 7) is 6.06. The van der Waals surface area contributed by atoms with Gasteiger partial charge in [-0.1, -0.05) is 26.0 Å². The Morgan fingerprint density at radius 1 is 1.21 bits per heavy atom. The van der Waals surface area contributed by atoms with E-state index in [-0.39, 0.29) is 5.91 Å². The molecule has 0 aliphatic heterocycles. The topological polar surface area (TPSA) is 54.9 Å². The fourth-order valence-electron chi connectivity index (χ4n) is 1.76. The highest BCUT2D eigenvalue weighted by Crippen LogP contribution is 2.17. The maximum Gasteiger partial charge on any atom is 0.259 e. The van der Waals surface area contributed by atoms with E-state index in [9.17, 15) is 4.79 Å². The first-order valence-corrected chi connectivity index (χ1v) is 6.26. The molecular formula is C15H17N3O. The van der Waals surface area contributed by atoms with E-state index in [1.807, 2.05) is 24.3 Å². The van der Waals surface area contributed by atoms with E-state index in [1.54, 1.807) is 6.92 Å². The normalized spacial score (nSPS) is 10.5. The molecule has 98 valence electrons. The molecule has 0 aliphatic rings. The van der Waals surface area contributed by atoms with Crippen LogP contribution in [0.15, 0.2) is 36.8 Å². The molecule has 2 aromatic rings. The summed E-state index contributed by atoms with van der Waals surface area (Å²) >= 11 is 0. The highest BCUT2D eigenvalue weighted by Gasteiger charge is 2.10. The number of benzene rings is 1. The van der Waals surface area contributed by atoms with Crippen molar-refractivity contribution in [2.45, 2.75) is 26.7 Å². The van der Waals surface area contributed by atoms with Gasteiger partial charge in [-0.3, -0.25) is 4.79 Å². The maximum absolute atomic E-state index is 12.1. The number of aromatic nitrogens is 2. The minimum absolute atomic E-state index is 0.185. The Hall–Kier alpha value is -2.23. The third-order valence-corrected chi connectivity index (χ3v) is 2.99. The zero-order valence-corrected chi connectivity index (χ0v) is 11.3. The predicted octanol–water partition coefficient (Wildman–Crippen LogP) is 3.16. The van der Waals surface area contributed by atoms with Gasteiger partial charge in [0.1, 0.15) is 6.33 Å². The summed E-state index contributed by atoms with van der Waals surface area (Å²) in [4.78, 5) is 19.9. The molecule has 4 nitrogen and oxygen atoms in total. The van der Waals surface area contributed by atoms with Crippen molar-refractivity contribution in [2.75, 3.05) is 5.32 Å². The number of nitrogens with zero attached hydrogens (tertiary/aromatic N) is 2. The lowest BCUT2D eigenvalue weighted by atomic mass is 10.0. The number of carbonyl (C=O) groups is 1. The first-order chi connectivity index (χ1) is 9.08. The maximum atomic E-state index is 12.1. The number of rotatable bonds is 3. The first-order valence-electron chi connectivity index (χ1n) is 6.26. The molecule has 0 unspecified atom stereocenters. The molecule has 1 N–H and O–H groups in total. The number of anilines is 1. The number of hydrogen-bond acceptors (Lipinski definition) is 3. The van der Waals surface area contributed by atoms with Crippen LogP contribution in [0, 0.1) is 6.92 Å². The lowest BCUT2D eigenvalue weighted by Crippen LogP contribution is -2.14. The van der Waals surface area contributed by atoms with Crippen molar-refractivity contribution in [3.63, 3.8) is 0 Å². The van der Waals surface area contributed by atoms with Gasteiger partial charge >= 0.3 is 0 Å². The molecule has 2 rings (SSSR count). The monoisotopic (exact) mass is 255 g/mol. The second-order valence-electron chi connectivity index (χ2n) is 4.75. The van der Waals surface area contributed by atoms with Gasteiger partial charge in [0.2, 0.25) is 0 Å². The van der Waals surface area contributed by atoms with E-state index < -0.39 is 0 Å². The summed E-state index contributed by atoms with van der Waals surface area (Å²) < 4.78 is 0. The van der Waals surface area contributed by atoms with Crippen LogP contribution in [-0.2, 0) is 0 Å². The summed E-state index contributed by atoms with van der Waals surface area (Å²) in [6.07, 6.45) is 2.96. The molecule has 1 aromatic carbocycles. The zero-order chi connectivity index (χ0) is 13.8. The molecule has 0 bridgehead atoms. The van der Waals surface area contributed by atoms with Crippen molar-refractivity contribution >= 4 is 11.6 Å². The van der Waals surface area contributed by atoms with Gasteiger partial charge in [-0.2, -0.15) is 0 Å². The van der Waals surface area contributed by atoms with Gasteiger partial charge in [-0.25, -0.2) is 9.97 Å². The van der Waals surface area contributed by atoms with Crippen molar-refractivity contribution in [3.8, 4) is 0 Å². The van der Waals surface area contributed by atoms with Gasteiger partial charge < -0.3 is 5.32 Å². The van der Waals surface area contributed by atoms with E-state index in [2.05, 4.69) is 29.1 Å². The van der Waals surface area contributed by atoms with E-state index in [4.69, 9.17) is 0 Å². The average Bonchev–Trinajstić information content (AvgIpc) is 2.39. The SMILES string of the molecule is Cc1ncncc1C(=O)Nc1ccc(C(C)C)cc1. The van der Waals surface area contributed by atoms with Crippen molar-refractivity contribution in [2.24, 2.45) is 0 Å². The van der Waals surface area contributed by atoms with E-state index in [0.717, 1.165) is 5.69 Å². The number of nitrogens with one attached hydrogen (secondary N) is 1.